The van der Waals surface area contributed by atoms with Crippen LogP contribution in [0.25, 0.3) is 0 Å². The number of allylic oxidation sites excluding steroid dienone is 4. The van der Waals surface area contributed by atoms with Crippen LogP contribution >= 0.6 is 0 Å². The van der Waals surface area contributed by atoms with E-state index < -0.39 is 0 Å². The summed E-state index contributed by atoms with van der Waals surface area (Å²) in [6, 6.07) is 20.9. The SMILES string of the molecule is CC(C)=CCCC1=CCC(COCc2ccccc2)C(COCc2ccccc2)C1. The van der Waals surface area contributed by atoms with Crippen molar-refractivity contribution in [1.29, 1.82) is 0 Å². The van der Waals surface area contributed by atoms with Crippen LogP contribution in [-0.2, 0) is 22.7 Å². The molecule has 0 amide bonds. The van der Waals surface area contributed by atoms with E-state index in [-0.39, 0.29) is 0 Å². The second-order valence-electron chi connectivity index (χ2n) is 8.64. The summed E-state index contributed by atoms with van der Waals surface area (Å²) in [7, 11) is 0. The Morgan fingerprint density at radius 2 is 1.40 bits per heavy atom. The molecule has 2 unspecified atom stereocenters. The number of ether oxygens (including phenoxy) is 2. The minimum atomic E-state index is 0.524. The molecule has 2 nitrogen and oxygen atoms in total. The van der Waals surface area contributed by atoms with Crippen molar-refractivity contribution < 1.29 is 9.47 Å². The van der Waals surface area contributed by atoms with Gasteiger partial charge in [0.05, 0.1) is 26.4 Å². The number of hydrogen-bond acceptors (Lipinski definition) is 2. The van der Waals surface area contributed by atoms with Crippen molar-refractivity contribution in [3.8, 4) is 0 Å². The lowest BCUT2D eigenvalue weighted by molar-refractivity contribution is 0.0191. The molecular formula is C28H36O2. The first-order valence-corrected chi connectivity index (χ1v) is 11.3. The van der Waals surface area contributed by atoms with Crippen molar-refractivity contribution >= 4 is 0 Å². The van der Waals surface area contributed by atoms with Gasteiger partial charge in [-0.05, 0) is 62.5 Å². The lowest BCUT2D eigenvalue weighted by Gasteiger charge is -2.31. The molecule has 3 rings (SSSR count). The van der Waals surface area contributed by atoms with Crippen molar-refractivity contribution in [1.82, 2.24) is 0 Å². The first-order chi connectivity index (χ1) is 14.7. The van der Waals surface area contributed by atoms with Gasteiger partial charge in [0.2, 0.25) is 0 Å². The lowest BCUT2D eigenvalue weighted by atomic mass is 9.79. The second-order valence-corrected chi connectivity index (χ2v) is 8.64. The van der Waals surface area contributed by atoms with Gasteiger partial charge in [-0.15, -0.1) is 0 Å². The Bertz CT molecular complexity index is 788. The highest BCUT2D eigenvalue weighted by Gasteiger charge is 2.26. The standard InChI is InChI=1S/C28H36O2/c1-23(2)10-9-15-24-16-17-27(21-29-19-25-11-5-3-6-12-25)28(18-24)22-30-20-26-13-7-4-8-14-26/h3-8,10-14,16,27-28H,9,15,17-22H2,1-2H3. The summed E-state index contributed by atoms with van der Waals surface area (Å²) < 4.78 is 12.3. The lowest BCUT2D eigenvalue weighted by Crippen LogP contribution is -2.27. The van der Waals surface area contributed by atoms with Crippen LogP contribution in [0, 0.1) is 11.8 Å². The predicted octanol–water partition coefficient (Wildman–Crippen LogP) is 7.12. The highest BCUT2D eigenvalue weighted by Crippen LogP contribution is 2.33. The summed E-state index contributed by atoms with van der Waals surface area (Å²) >= 11 is 0. The molecule has 0 fully saturated rings. The van der Waals surface area contributed by atoms with Crippen LogP contribution in [-0.4, -0.2) is 13.2 Å². The quantitative estimate of drug-likeness (QED) is 0.371. The van der Waals surface area contributed by atoms with Gasteiger partial charge in [-0.1, -0.05) is 84.0 Å². The zero-order chi connectivity index (χ0) is 21.0. The molecule has 0 heterocycles. The van der Waals surface area contributed by atoms with E-state index in [0.717, 1.165) is 38.9 Å². The van der Waals surface area contributed by atoms with Crippen molar-refractivity contribution in [2.45, 2.75) is 52.7 Å². The van der Waals surface area contributed by atoms with Crippen LogP contribution in [0.3, 0.4) is 0 Å². The Morgan fingerprint density at radius 1 is 0.833 bits per heavy atom. The zero-order valence-corrected chi connectivity index (χ0v) is 18.6. The Balaban J connectivity index is 1.53. The molecule has 0 aromatic heterocycles. The van der Waals surface area contributed by atoms with Crippen LogP contribution in [0.4, 0.5) is 0 Å². The molecule has 1 aliphatic carbocycles. The molecule has 2 heteroatoms. The number of rotatable bonds is 11. The summed E-state index contributed by atoms with van der Waals surface area (Å²) in [5, 5.41) is 0. The van der Waals surface area contributed by atoms with Gasteiger partial charge >= 0.3 is 0 Å². The maximum absolute atomic E-state index is 6.15. The maximum Gasteiger partial charge on any atom is 0.0717 e. The summed E-state index contributed by atoms with van der Waals surface area (Å²) in [6.07, 6.45) is 9.34. The Morgan fingerprint density at radius 3 is 1.97 bits per heavy atom. The summed E-state index contributed by atoms with van der Waals surface area (Å²) in [4.78, 5) is 0. The van der Waals surface area contributed by atoms with Crippen LogP contribution in [0.15, 0.2) is 84.0 Å². The number of benzene rings is 2. The van der Waals surface area contributed by atoms with Crippen molar-refractivity contribution in [2.75, 3.05) is 13.2 Å². The van der Waals surface area contributed by atoms with Crippen LogP contribution in [0.1, 0.15) is 50.7 Å². The molecule has 160 valence electrons. The highest BCUT2D eigenvalue weighted by atomic mass is 16.5. The van der Waals surface area contributed by atoms with Gasteiger partial charge in [-0.2, -0.15) is 0 Å². The molecular weight excluding hydrogens is 368 g/mol. The van der Waals surface area contributed by atoms with E-state index in [4.69, 9.17) is 9.47 Å². The summed E-state index contributed by atoms with van der Waals surface area (Å²) in [5.74, 6) is 1.05. The average Bonchev–Trinajstić information content (AvgIpc) is 2.76. The third-order valence-corrected chi connectivity index (χ3v) is 5.81. The first-order valence-electron chi connectivity index (χ1n) is 11.3. The van der Waals surface area contributed by atoms with Gasteiger partial charge in [0, 0.05) is 0 Å². The van der Waals surface area contributed by atoms with Gasteiger partial charge in [0.15, 0.2) is 0 Å². The molecule has 0 spiro atoms. The minimum absolute atomic E-state index is 0.524. The minimum Gasteiger partial charge on any atom is -0.376 e. The van der Waals surface area contributed by atoms with Gasteiger partial charge in [-0.25, -0.2) is 0 Å². The Labute approximate surface area is 182 Å². The Hall–Kier alpha value is -2.16. The largest absolute Gasteiger partial charge is 0.376 e. The van der Waals surface area contributed by atoms with E-state index in [2.05, 4.69) is 74.5 Å². The Kier molecular flexibility index (Phi) is 9.40. The van der Waals surface area contributed by atoms with Gasteiger partial charge in [0.1, 0.15) is 0 Å². The van der Waals surface area contributed by atoms with E-state index in [1.54, 1.807) is 5.57 Å². The van der Waals surface area contributed by atoms with E-state index >= 15 is 0 Å². The second kappa shape index (κ2) is 12.5. The summed E-state index contributed by atoms with van der Waals surface area (Å²) in [5.41, 5.74) is 5.47. The summed E-state index contributed by atoms with van der Waals surface area (Å²) in [6.45, 7) is 7.32. The fourth-order valence-corrected chi connectivity index (χ4v) is 4.05. The molecule has 2 aromatic carbocycles. The van der Waals surface area contributed by atoms with Crippen LogP contribution in [0.2, 0.25) is 0 Å². The fourth-order valence-electron chi connectivity index (χ4n) is 4.05. The van der Waals surface area contributed by atoms with Gasteiger partial charge in [0.25, 0.3) is 0 Å². The number of hydrogen-bond donors (Lipinski definition) is 0. The highest BCUT2D eigenvalue weighted by molar-refractivity contribution is 5.15. The van der Waals surface area contributed by atoms with Crippen LogP contribution in [0.5, 0.6) is 0 Å². The maximum atomic E-state index is 6.15. The molecule has 30 heavy (non-hydrogen) atoms. The third kappa shape index (κ3) is 7.93. The molecule has 0 N–H and O–H groups in total. The van der Waals surface area contributed by atoms with Crippen molar-refractivity contribution in [3.63, 3.8) is 0 Å². The topological polar surface area (TPSA) is 18.5 Å². The normalized spacial score (nSPS) is 18.7. The van der Waals surface area contributed by atoms with Gasteiger partial charge in [-0.3, -0.25) is 0 Å². The van der Waals surface area contributed by atoms with Crippen LogP contribution < -0.4 is 0 Å². The third-order valence-electron chi connectivity index (χ3n) is 5.81. The molecule has 0 saturated carbocycles. The molecule has 2 aromatic rings. The molecule has 0 bridgehead atoms. The average molecular weight is 405 g/mol. The van der Waals surface area contributed by atoms with E-state index in [0.29, 0.717) is 25.0 Å². The van der Waals surface area contributed by atoms with Gasteiger partial charge < -0.3 is 9.47 Å². The van der Waals surface area contributed by atoms with E-state index in [1.165, 1.54) is 16.7 Å². The molecule has 0 saturated heterocycles. The molecule has 1 aliphatic rings. The molecule has 0 radical (unpaired) electrons. The van der Waals surface area contributed by atoms with Crippen molar-refractivity contribution in [3.05, 3.63) is 95.1 Å². The molecule has 2 atom stereocenters. The predicted molar refractivity (Wildman–Crippen MR) is 125 cm³/mol. The smallest absolute Gasteiger partial charge is 0.0717 e. The fraction of sp³-hybridized carbons (Fsp3) is 0.429. The zero-order valence-electron chi connectivity index (χ0n) is 18.6. The van der Waals surface area contributed by atoms with E-state index in [9.17, 15) is 0 Å². The van der Waals surface area contributed by atoms with E-state index in [1.807, 2.05) is 12.1 Å². The monoisotopic (exact) mass is 404 g/mol. The first kappa shape index (κ1) is 22.5. The molecule has 0 aliphatic heterocycles. The van der Waals surface area contributed by atoms with Crippen molar-refractivity contribution in [2.24, 2.45) is 11.8 Å².